The van der Waals surface area contributed by atoms with Crippen LogP contribution in [-0.2, 0) is 13.2 Å². The predicted molar refractivity (Wildman–Crippen MR) is 136 cm³/mol. The number of ether oxygens (including phenoxy) is 2. The van der Waals surface area contributed by atoms with Crippen LogP contribution in [0.25, 0.3) is 11.0 Å². The Bertz CT molecular complexity index is 1200. The summed E-state index contributed by atoms with van der Waals surface area (Å²) in [6, 6.07) is 21.8. The van der Waals surface area contributed by atoms with Crippen molar-refractivity contribution in [1.29, 1.82) is 0 Å². The molecule has 0 bridgehead atoms. The van der Waals surface area contributed by atoms with E-state index < -0.39 is 0 Å². The lowest BCUT2D eigenvalue weighted by atomic mass is 9.99. The van der Waals surface area contributed by atoms with Gasteiger partial charge < -0.3 is 14.0 Å². The molecule has 1 heterocycles. The molecule has 0 radical (unpaired) electrons. The molecule has 0 amide bonds. The van der Waals surface area contributed by atoms with Crippen molar-refractivity contribution in [1.82, 2.24) is 9.55 Å². The Morgan fingerprint density at radius 2 is 1.76 bits per heavy atom. The monoisotopic (exact) mass is 482 g/mol. The number of fused-ring (bicyclic) bond motifs is 1. The molecule has 3 aromatic carbocycles. The third-order valence-electron chi connectivity index (χ3n) is 5.84. The third kappa shape index (κ3) is 5.82. The van der Waals surface area contributed by atoms with E-state index in [-0.39, 0.29) is 0 Å². The number of aromatic nitrogens is 2. The van der Waals surface area contributed by atoms with Crippen molar-refractivity contribution in [3.8, 4) is 11.5 Å². The highest BCUT2D eigenvalue weighted by atomic mass is 35.5. The standard InChI is InChI=1S/C27H28Cl2N2O2/c1-3-19(2)20-9-12-22(13-10-20)32-16-6-15-31-25-8-5-4-7-24(25)30-27(31)18-33-26-14-11-21(28)17-23(26)29/h4-5,7-14,17,19H,3,6,15-16,18H2,1-2H3. The second kappa shape index (κ2) is 11.0. The van der Waals surface area contributed by atoms with Gasteiger partial charge in [-0.3, -0.25) is 0 Å². The highest BCUT2D eigenvalue weighted by molar-refractivity contribution is 6.35. The number of aryl methyl sites for hydroxylation is 1. The summed E-state index contributed by atoms with van der Waals surface area (Å²) >= 11 is 12.2. The number of benzene rings is 3. The van der Waals surface area contributed by atoms with Crippen LogP contribution in [0.1, 0.15) is 44.0 Å². The number of rotatable bonds is 10. The first-order valence-electron chi connectivity index (χ1n) is 11.3. The molecule has 0 fully saturated rings. The Balaban J connectivity index is 1.40. The number of imidazole rings is 1. The van der Waals surface area contributed by atoms with Gasteiger partial charge >= 0.3 is 0 Å². The number of halogens is 2. The summed E-state index contributed by atoms with van der Waals surface area (Å²) in [7, 11) is 0. The van der Waals surface area contributed by atoms with Gasteiger partial charge in [-0.15, -0.1) is 0 Å². The van der Waals surface area contributed by atoms with Crippen LogP contribution in [0.4, 0.5) is 0 Å². The van der Waals surface area contributed by atoms with Crippen LogP contribution in [0.2, 0.25) is 10.0 Å². The van der Waals surface area contributed by atoms with E-state index >= 15 is 0 Å². The van der Waals surface area contributed by atoms with Gasteiger partial charge in [0, 0.05) is 11.6 Å². The Labute approximate surface area is 205 Å². The first kappa shape index (κ1) is 23.5. The van der Waals surface area contributed by atoms with E-state index in [1.54, 1.807) is 18.2 Å². The number of hydrogen-bond donors (Lipinski definition) is 0. The maximum atomic E-state index is 6.26. The van der Waals surface area contributed by atoms with E-state index in [1.165, 1.54) is 5.56 Å². The smallest absolute Gasteiger partial charge is 0.148 e. The molecule has 1 atom stereocenters. The minimum atomic E-state index is 0.313. The summed E-state index contributed by atoms with van der Waals surface area (Å²) in [4.78, 5) is 4.77. The third-order valence-corrected chi connectivity index (χ3v) is 6.37. The molecular formula is C27H28Cl2N2O2. The molecule has 1 aromatic heterocycles. The maximum Gasteiger partial charge on any atom is 0.148 e. The van der Waals surface area contributed by atoms with Gasteiger partial charge in [-0.1, -0.05) is 61.3 Å². The fraction of sp³-hybridized carbons (Fsp3) is 0.296. The van der Waals surface area contributed by atoms with Crippen molar-refractivity contribution in [2.75, 3.05) is 6.61 Å². The highest BCUT2D eigenvalue weighted by Gasteiger charge is 2.12. The van der Waals surface area contributed by atoms with Gasteiger partial charge in [-0.25, -0.2) is 4.98 Å². The fourth-order valence-electron chi connectivity index (χ4n) is 3.76. The first-order chi connectivity index (χ1) is 16.0. The minimum Gasteiger partial charge on any atom is -0.494 e. The fourth-order valence-corrected chi connectivity index (χ4v) is 4.22. The van der Waals surface area contributed by atoms with Crippen molar-refractivity contribution >= 4 is 34.2 Å². The van der Waals surface area contributed by atoms with Crippen molar-refractivity contribution in [3.63, 3.8) is 0 Å². The van der Waals surface area contributed by atoms with Crippen LogP contribution in [0.3, 0.4) is 0 Å². The van der Waals surface area contributed by atoms with Crippen LogP contribution < -0.4 is 9.47 Å². The van der Waals surface area contributed by atoms with Gasteiger partial charge in [0.1, 0.15) is 23.9 Å². The van der Waals surface area contributed by atoms with Crippen LogP contribution >= 0.6 is 23.2 Å². The van der Waals surface area contributed by atoms with Gasteiger partial charge in [0.05, 0.1) is 22.7 Å². The van der Waals surface area contributed by atoms with Crippen molar-refractivity contribution in [2.45, 2.75) is 45.8 Å². The molecule has 0 aliphatic rings. The second-order valence-electron chi connectivity index (χ2n) is 8.11. The molecule has 4 aromatic rings. The molecule has 172 valence electrons. The molecule has 0 N–H and O–H groups in total. The molecule has 4 rings (SSSR count). The minimum absolute atomic E-state index is 0.313. The lowest BCUT2D eigenvalue weighted by molar-refractivity contribution is 0.280. The Morgan fingerprint density at radius 1 is 0.970 bits per heavy atom. The second-order valence-corrected chi connectivity index (χ2v) is 8.96. The van der Waals surface area contributed by atoms with Crippen LogP contribution in [0.15, 0.2) is 66.7 Å². The molecule has 0 saturated carbocycles. The molecule has 1 unspecified atom stereocenters. The SMILES string of the molecule is CCC(C)c1ccc(OCCCn2c(COc3ccc(Cl)cc3Cl)nc3ccccc32)cc1. The lowest BCUT2D eigenvalue weighted by Crippen LogP contribution is -2.10. The van der Waals surface area contributed by atoms with E-state index in [0.717, 1.165) is 42.0 Å². The summed E-state index contributed by atoms with van der Waals surface area (Å²) in [6.45, 7) is 6.16. The van der Waals surface area contributed by atoms with Crippen LogP contribution in [0.5, 0.6) is 11.5 Å². The van der Waals surface area contributed by atoms with Gasteiger partial charge in [0.15, 0.2) is 0 Å². The molecule has 0 aliphatic heterocycles. The highest BCUT2D eigenvalue weighted by Crippen LogP contribution is 2.28. The summed E-state index contributed by atoms with van der Waals surface area (Å²) in [6.07, 6.45) is 1.98. The zero-order valence-electron chi connectivity index (χ0n) is 18.9. The average Bonchev–Trinajstić information content (AvgIpc) is 3.18. The van der Waals surface area contributed by atoms with E-state index in [1.807, 2.05) is 18.2 Å². The molecule has 0 aliphatic carbocycles. The van der Waals surface area contributed by atoms with Crippen LogP contribution in [-0.4, -0.2) is 16.2 Å². The molecular weight excluding hydrogens is 455 g/mol. The summed E-state index contributed by atoms with van der Waals surface area (Å²) in [5, 5.41) is 1.06. The predicted octanol–water partition coefficient (Wildman–Crippen LogP) is 7.90. The zero-order valence-corrected chi connectivity index (χ0v) is 20.4. The Morgan fingerprint density at radius 3 is 2.52 bits per heavy atom. The van der Waals surface area contributed by atoms with E-state index in [4.69, 9.17) is 37.7 Å². The van der Waals surface area contributed by atoms with Crippen LogP contribution in [0, 0.1) is 0 Å². The first-order valence-corrected chi connectivity index (χ1v) is 12.1. The summed E-state index contributed by atoms with van der Waals surface area (Å²) < 4.78 is 14.1. The summed E-state index contributed by atoms with van der Waals surface area (Å²) in [5.74, 6) is 2.90. The molecule has 33 heavy (non-hydrogen) atoms. The van der Waals surface area contributed by atoms with Crippen molar-refractivity contribution in [3.05, 3.63) is 88.2 Å². The quantitative estimate of drug-likeness (QED) is 0.215. The Hall–Kier alpha value is -2.69. The zero-order chi connectivity index (χ0) is 23.2. The lowest BCUT2D eigenvalue weighted by Gasteiger charge is -2.13. The van der Waals surface area contributed by atoms with Gasteiger partial charge in [-0.05, 0) is 66.8 Å². The summed E-state index contributed by atoms with van der Waals surface area (Å²) in [5.41, 5.74) is 3.37. The maximum absolute atomic E-state index is 6.26. The molecule has 0 saturated heterocycles. The van der Waals surface area contributed by atoms with Gasteiger partial charge in [0.25, 0.3) is 0 Å². The van der Waals surface area contributed by atoms with E-state index in [2.05, 4.69) is 48.7 Å². The van der Waals surface area contributed by atoms with E-state index in [0.29, 0.717) is 34.9 Å². The largest absolute Gasteiger partial charge is 0.494 e. The van der Waals surface area contributed by atoms with E-state index in [9.17, 15) is 0 Å². The van der Waals surface area contributed by atoms with Gasteiger partial charge in [-0.2, -0.15) is 0 Å². The normalized spacial score (nSPS) is 12.1. The average molecular weight is 483 g/mol. The van der Waals surface area contributed by atoms with Crippen molar-refractivity contribution in [2.24, 2.45) is 0 Å². The van der Waals surface area contributed by atoms with Crippen molar-refractivity contribution < 1.29 is 9.47 Å². The number of nitrogens with zero attached hydrogens (tertiary/aromatic N) is 2. The van der Waals surface area contributed by atoms with Gasteiger partial charge in [0.2, 0.25) is 0 Å². The topological polar surface area (TPSA) is 36.3 Å². The molecule has 6 heteroatoms. The Kier molecular flexibility index (Phi) is 7.79. The molecule has 4 nitrogen and oxygen atoms in total. The number of hydrogen-bond acceptors (Lipinski definition) is 3. The number of para-hydroxylation sites is 2. The molecule has 0 spiro atoms.